The van der Waals surface area contributed by atoms with Gasteiger partial charge in [-0.1, -0.05) is 146 Å². The van der Waals surface area contributed by atoms with E-state index in [1.165, 1.54) is 0 Å². The van der Waals surface area contributed by atoms with Gasteiger partial charge in [-0.15, -0.1) is 0 Å². The first kappa shape index (κ1) is 47.5. The molecule has 10 heteroatoms. The van der Waals surface area contributed by atoms with Gasteiger partial charge < -0.3 is 37.0 Å². The summed E-state index contributed by atoms with van der Waals surface area (Å²) < 4.78 is 53.1. The van der Waals surface area contributed by atoms with Crippen molar-refractivity contribution in [3.63, 3.8) is 0 Å². The fourth-order valence-corrected chi connectivity index (χ4v) is 11.0. The Bertz CT molecular complexity index is 2480. The molecule has 0 aromatic heterocycles. The van der Waals surface area contributed by atoms with Crippen molar-refractivity contribution < 1.29 is 37.0 Å². The molecule has 8 aromatic carbocycles. The summed E-state index contributed by atoms with van der Waals surface area (Å²) in [6, 6.07) is 64.3. The van der Waals surface area contributed by atoms with E-state index in [-0.39, 0.29) is 0 Å². The number of rotatable bonds is 23. The second kappa shape index (κ2) is 24.2. The number of para-hydroxylation sites is 8. The first-order chi connectivity index (χ1) is 33.6. The first-order valence-electron chi connectivity index (χ1n) is 23.1. The summed E-state index contributed by atoms with van der Waals surface area (Å²) in [5, 5.41) is 0. The van der Waals surface area contributed by atoms with E-state index < -0.39 is 16.8 Å². The molecule has 0 heterocycles. The molecule has 0 saturated carbocycles. The van der Waals surface area contributed by atoms with E-state index in [9.17, 15) is 0 Å². The van der Waals surface area contributed by atoms with E-state index in [0.717, 1.165) is 67.5 Å². The summed E-state index contributed by atoms with van der Waals surface area (Å²) in [6.07, 6.45) is 0.860. The van der Waals surface area contributed by atoms with Gasteiger partial charge in [-0.2, -0.15) is 0 Å². The minimum atomic E-state index is -1.73. The Labute approximate surface area is 403 Å². The SMILES string of the molecule is CCOc1ccccc1-c1ccccc1OP(CCP(Oc1ccccc1-c1ccccc1OCC)Oc1ccccc1-c1ccccc1OCC)Oc1ccccc1-c1ccccc1OCC. The van der Waals surface area contributed by atoms with E-state index in [0.29, 0.717) is 61.7 Å². The van der Waals surface area contributed by atoms with Gasteiger partial charge in [0.15, 0.2) is 0 Å². The molecule has 8 rings (SSSR count). The van der Waals surface area contributed by atoms with Crippen LogP contribution < -0.4 is 37.0 Å². The van der Waals surface area contributed by atoms with E-state index in [1.807, 2.05) is 173 Å². The third-order valence-electron chi connectivity index (χ3n) is 10.7. The summed E-state index contributed by atoms with van der Waals surface area (Å²) in [6.45, 7) is 10.1. The van der Waals surface area contributed by atoms with Crippen LogP contribution >= 0.6 is 16.8 Å². The Balaban J connectivity index is 1.21. The molecule has 0 N–H and O–H groups in total. The minimum Gasteiger partial charge on any atom is -0.493 e. The molecule has 68 heavy (non-hydrogen) atoms. The van der Waals surface area contributed by atoms with Crippen LogP contribution in [0.5, 0.6) is 46.0 Å². The van der Waals surface area contributed by atoms with Crippen molar-refractivity contribution in [3.05, 3.63) is 194 Å². The zero-order chi connectivity index (χ0) is 46.9. The van der Waals surface area contributed by atoms with Crippen LogP contribution in [0.1, 0.15) is 27.7 Å². The lowest BCUT2D eigenvalue weighted by Crippen LogP contribution is -2.09. The summed E-state index contributed by atoms with van der Waals surface area (Å²) in [5.41, 5.74) is 7.26. The molecule has 0 spiro atoms. The summed E-state index contributed by atoms with van der Waals surface area (Å²) >= 11 is 0. The van der Waals surface area contributed by atoms with Crippen LogP contribution in [0.3, 0.4) is 0 Å². The average molecular weight is 943 g/mol. The predicted molar refractivity (Wildman–Crippen MR) is 278 cm³/mol. The van der Waals surface area contributed by atoms with Crippen LogP contribution in [0.25, 0.3) is 44.5 Å². The van der Waals surface area contributed by atoms with Gasteiger partial charge >= 0.3 is 0 Å². The standard InChI is InChI=1S/C58H56O8P2/c1-5-59-51-33-17-9-25-43(51)47-29-13-21-37-55(47)63-67(64-56-38-22-14-30-48(56)44-26-10-18-34-52(44)60-6-2)41-42-68(65-57-39-23-15-31-49(57)45-27-11-19-35-53(45)61-7-3)66-58-40-24-16-32-50(58)46-28-12-20-36-54(46)62-8-4/h9-40H,5-8,41-42H2,1-4H3. The highest BCUT2D eigenvalue weighted by molar-refractivity contribution is 7.52. The number of hydrogen-bond acceptors (Lipinski definition) is 8. The molecular weight excluding hydrogens is 887 g/mol. The lowest BCUT2D eigenvalue weighted by atomic mass is 10.0. The van der Waals surface area contributed by atoms with Crippen LogP contribution in [0.2, 0.25) is 0 Å². The predicted octanol–water partition coefficient (Wildman–Crippen LogP) is 16.2. The van der Waals surface area contributed by atoms with Crippen molar-refractivity contribution in [1.82, 2.24) is 0 Å². The monoisotopic (exact) mass is 942 g/mol. The van der Waals surface area contributed by atoms with Crippen LogP contribution in [0.4, 0.5) is 0 Å². The van der Waals surface area contributed by atoms with E-state index in [4.69, 9.17) is 37.0 Å². The molecule has 0 saturated heterocycles. The molecule has 0 aliphatic carbocycles. The maximum absolute atomic E-state index is 7.15. The maximum atomic E-state index is 7.15. The van der Waals surface area contributed by atoms with Gasteiger partial charge in [-0.05, 0) is 76.2 Å². The van der Waals surface area contributed by atoms with Crippen LogP contribution in [0, 0.1) is 0 Å². The quantitative estimate of drug-likeness (QED) is 0.0587. The molecule has 0 aliphatic rings. The molecule has 0 fully saturated rings. The zero-order valence-electron chi connectivity index (χ0n) is 38.9. The third-order valence-corrected chi connectivity index (χ3v) is 13.9. The molecule has 346 valence electrons. The van der Waals surface area contributed by atoms with E-state index in [2.05, 4.69) is 48.5 Å². The van der Waals surface area contributed by atoms with Crippen LogP contribution in [0.15, 0.2) is 194 Å². The average Bonchev–Trinajstić information content (AvgIpc) is 3.37. The number of ether oxygens (including phenoxy) is 4. The summed E-state index contributed by atoms with van der Waals surface area (Å²) in [4.78, 5) is 0. The molecule has 0 aliphatic heterocycles. The van der Waals surface area contributed by atoms with Crippen molar-refractivity contribution in [2.45, 2.75) is 27.7 Å². The maximum Gasteiger partial charge on any atom is 0.291 e. The van der Waals surface area contributed by atoms with E-state index in [1.54, 1.807) is 0 Å². The Hall–Kier alpha value is -6.98. The first-order valence-corrected chi connectivity index (χ1v) is 25.8. The van der Waals surface area contributed by atoms with E-state index >= 15 is 0 Å². The molecule has 8 nitrogen and oxygen atoms in total. The molecule has 0 bridgehead atoms. The highest BCUT2D eigenvalue weighted by atomic mass is 31.2. The molecule has 0 unspecified atom stereocenters. The molecular formula is C58H56O8P2. The van der Waals surface area contributed by atoms with Crippen LogP contribution in [-0.2, 0) is 0 Å². The Kier molecular flexibility index (Phi) is 16.9. The molecule has 0 radical (unpaired) electrons. The summed E-state index contributed by atoms with van der Waals surface area (Å²) in [5.74, 6) is 5.75. The summed E-state index contributed by atoms with van der Waals surface area (Å²) in [7, 11) is -3.46. The van der Waals surface area contributed by atoms with Crippen molar-refractivity contribution >= 4 is 16.8 Å². The van der Waals surface area contributed by atoms with Gasteiger partial charge in [0, 0.05) is 44.5 Å². The highest BCUT2D eigenvalue weighted by Crippen LogP contribution is 2.53. The van der Waals surface area contributed by atoms with Gasteiger partial charge in [0.05, 0.1) is 38.8 Å². The lowest BCUT2D eigenvalue weighted by Gasteiger charge is -2.26. The van der Waals surface area contributed by atoms with Crippen molar-refractivity contribution in [3.8, 4) is 90.5 Å². The topological polar surface area (TPSA) is 73.8 Å². The number of benzene rings is 8. The van der Waals surface area contributed by atoms with Gasteiger partial charge in [-0.3, -0.25) is 0 Å². The number of hydrogen-bond donors (Lipinski definition) is 0. The van der Waals surface area contributed by atoms with Crippen molar-refractivity contribution in [2.75, 3.05) is 38.8 Å². The second-order valence-electron chi connectivity index (χ2n) is 15.2. The highest BCUT2D eigenvalue weighted by Gasteiger charge is 2.27. The normalized spacial score (nSPS) is 11.0. The lowest BCUT2D eigenvalue weighted by molar-refractivity contribution is 0.341. The van der Waals surface area contributed by atoms with Crippen molar-refractivity contribution in [1.29, 1.82) is 0 Å². The van der Waals surface area contributed by atoms with Crippen molar-refractivity contribution in [2.24, 2.45) is 0 Å². The second-order valence-corrected chi connectivity index (χ2v) is 18.1. The minimum absolute atomic E-state index is 0.430. The Morgan fingerprint density at radius 1 is 0.235 bits per heavy atom. The smallest absolute Gasteiger partial charge is 0.291 e. The van der Waals surface area contributed by atoms with Gasteiger partial charge in [0.1, 0.15) is 46.0 Å². The fourth-order valence-electron chi connectivity index (χ4n) is 7.78. The zero-order valence-corrected chi connectivity index (χ0v) is 40.7. The Morgan fingerprint density at radius 2 is 0.397 bits per heavy atom. The van der Waals surface area contributed by atoms with Gasteiger partial charge in [0.25, 0.3) is 16.8 Å². The molecule has 0 amide bonds. The van der Waals surface area contributed by atoms with Gasteiger partial charge in [-0.25, -0.2) is 0 Å². The Morgan fingerprint density at radius 3 is 0.588 bits per heavy atom. The largest absolute Gasteiger partial charge is 0.493 e. The molecule has 0 atom stereocenters. The fraction of sp³-hybridized carbons (Fsp3) is 0.172. The molecule has 8 aromatic rings. The third kappa shape index (κ3) is 11.8. The van der Waals surface area contributed by atoms with Gasteiger partial charge in [0.2, 0.25) is 0 Å². The van der Waals surface area contributed by atoms with Crippen LogP contribution in [-0.4, -0.2) is 38.8 Å².